The third-order valence-electron chi connectivity index (χ3n) is 5.50. The first-order valence-corrected chi connectivity index (χ1v) is 10.8. The van der Waals surface area contributed by atoms with Crippen LogP contribution in [0.1, 0.15) is 36.0 Å². The van der Waals surface area contributed by atoms with Crippen molar-refractivity contribution >= 4 is 38.2 Å². The Bertz CT molecular complexity index is 1110. The van der Waals surface area contributed by atoms with Crippen molar-refractivity contribution in [2.45, 2.75) is 25.7 Å². The molecule has 0 radical (unpaired) electrons. The van der Waals surface area contributed by atoms with Gasteiger partial charge in [-0.2, -0.15) is 0 Å². The number of nitrogens with one attached hydrogen (secondary N) is 1. The van der Waals surface area contributed by atoms with Crippen molar-refractivity contribution in [3.8, 4) is 11.3 Å². The van der Waals surface area contributed by atoms with Crippen LogP contribution >= 0.6 is 11.3 Å². The molecule has 1 N–H and O–H groups in total. The summed E-state index contributed by atoms with van der Waals surface area (Å²) < 4.78 is 1.16. The van der Waals surface area contributed by atoms with Gasteiger partial charge in [0.2, 0.25) is 0 Å². The number of hydrogen-bond donors (Lipinski definition) is 1. The molecule has 1 saturated carbocycles. The Hall–Kier alpha value is -3.05. The summed E-state index contributed by atoms with van der Waals surface area (Å²) in [6.45, 7) is 0. The van der Waals surface area contributed by atoms with Crippen LogP contribution in [0.4, 0.5) is 10.8 Å². The Morgan fingerprint density at radius 3 is 2.48 bits per heavy atom. The number of rotatable bonds is 5. The standard InChI is InChI=1S/C24H21N3OS/c28-23(17-5-1-2-6-17)18-11-9-16(10-12-18)20-14-13-19(15-25-20)26-24-27-21-7-3-4-8-22(21)29-24/h3-4,7-15,17H,1-2,5-6H2,(H,26,27). The number of hydrogen-bond acceptors (Lipinski definition) is 5. The molecule has 4 aromatic rings. The predicted molar refractivity (Wildman–Crippen MR) is 119 cm³/mol. The average molecular weight is 400 g/mol. The van der Waals surface area contributed by atoms with Crippen molar-refractivity contribution < 1.29 is 4.79 Å². The van der Waals surface area contributed by atoms with E-state index in [0.717, 1.165) is 50.7 Å². The van der Waals surface area contributed by atoms with Crippen molar-refractivity contribution in [3.05, 3.63) is 72.4 Å². The summed E-state index contributed by atoms with van der Waals surface area (Å²) in [5, 5.41) is 4.18. The number of aromatic nitrogens is 2. The number of thiazole rings is 1. The highest BCUT2D eigenvalue weighted by molar-refractivity contribution is 7.22. The number of carbonyl (C=O) groups is 1. The molecule has 1 aliphatic rings. The minimum absolute atomic E-state index is 0.215. The first-order chi connectivity index (χ1) is 14.3. The number of fused-ring (bicyclic) bond motifs is 1. The molecule has 0 spiro atoms. The van der Waals surface area contributed by atoms with Gasteiger partial charge in [0, 0.05) is 17.0 Å². The van der Waals surface area contributed by atoms with E-state index in [1.807, 2.05) is 60.8 Å². The van der Waals surface area contributed by atoms with Gasteiger partial charge in [-0.05, 0) is 37.1 Å². The molecule has 144 valence electrons. The zero-order chi connectivity index (χ0) is 19.6. The van der Waals surface area contributed by atoms with Gasteiger partial charge >= 0.3 is 0 Å². The Morgan fingerprint density at radius 2 is 1.76 bits per heavy atom. The van der Waals surface area contributed by atoms with Gasteiger partial charge in [-0.15, -0.1) is 0 Å². The van der Waals surface area contributed by atoms with Gasteiger partial charge in [-0.1, -0.05) is 60.6 Å². The van der Waals surface area contributed by atoms with Crippen LogP contribution in [0.25, 0.3) is 21.5 Å². The molecule has 1 aliphatic carbocycles. The average Bonchev–Trinajstić information content (AvgIpc) is 3.43. The smallest absolute Gasteiger partial charge is 0.188 e. The van der Waals surface area contributed by atoms with E-state index in [2.05, 4.69) is 21.4 Å². The number of pyridine rings is 1. The van der Waals surface area contributed by atoms with E-state index in [4.69, 9.17) is 0 Å². The lowest BCUT2D eigenvalue weighted by atomic mass is 9.95. The molecule has 29 heavy (non-hydrogen) atoms. The molecular formula is C24H21N3OS. The topological polar surface area (TPSA) is 54.9 Å². The molecule has 0 unspecified atom stereocenters. The van der Waals surface area contributed by atoms with E-state index in [1.165, 1.54) is 12.8 Å². The predicted octanol–water partition coefficient (Wildman–Crippen LogP) is 6.47. The highest BCUT2D eigenvalue weighted by Gasteiger charge is 2.23. The number of Topliss-reactive ketones (excluding diaryl/α,β-unsaturated/α-hetero) is 1. The van der Waals surface area contributed by atoms with Crippen LogP contribution in [0.5, 0.6) is 0 Å². The number of benzene rings is 2. The Morgan fingerprint density at radius 1 is 0.966 bits per heavy atom. The van der Waals surface area contributed by atoms with Gasteiger partial charge in [0.1, 0.15) is 0 Å². The van der Waals surface area contributed by atoms with Crippen molar-refractivity contribution in [2.75, 3.05) is 5.32 Å². The van der Waals surface area contributed by atoms with Crippen LogP contribution < -0.4 is 5.32 Å². The lowest BCUT2D eigenvalue weighted by molar-refractivity contribution is 0.0923. The van der Waals surface area contributed by atoms with E-state index >= 15 is 0 Å². The van der Waals surface area contributed by atoms with E-state index in [1.54, 1.807) is 11.3 Å². The minimum Gasteiger partial charge on any atom is -0.330 e. The number of anilines is 2. The number of carbonyl (C=O) groups excluding carboxylic acids is 1. The Balaban J connectivity index is 1.30. The third kappa shape index (κ3) is 3.78. The van der Waals surface area contributed by atoms with Crippen LogP contribution in [0.3, 0.4) is 0 Å². The van der Waals surface area contributed by atoms with Gasteiger partial charge in [0.15, 0.2) is 10.9 Å². The molecule has 0 amide bonds. The fourth-order valence-corrected chi connectivity index (χ4v) is 4.80. The van der Waals surface area contributed by atoms with E-state index in [-0.39, 0.29) is 11.7 Å². The van der Waals surface area contributed by atoms with Crippen molar-refractivity contribution in [2.24, 2.45) is 5.92 Å². The summed E-state index contributed by atoms with van der Waals surface area (Å²) >= 11 is 1.63. The molecule has 0 bridgehead atoms. The first-order valence-electron chi connectivity index (χ1n) is 9.99. The lowest BCUT2D eigenvalue weighted by Crippen LogP contribution is -2.10. The highest BCUT2D eigenvalue weighted by Crippen LogP contribution is 2.30. The molecule has 0 saturated heterocycles. The van der Waals surface area contributed by atoms with Crippen molar-refractivity contribution in [3.63, 3.8) is 0 Å². The lowest BCUT2D eigenvalue weighted by Gasteiger charge is -2.09. The molecule has 4 nitrogen and oxygen atoms in total. The SMILES string of the molecule is O=C(c1ccc(-c2ccc(Nc3nc4ccccc4s3)cn2)cc1)C1CCCC1. The van der Waals surface area contributed by atoms with Gasteiger partial charge in [0.25, 0.3) is 0 Å². The zero-order valence-electron chi connectivity index (χ0n) is 16.0. The summed E-state index contributed by atoms with van der Waals surface area (Å²) in [6.07, 6.45) is 6.24. The van der Waals surface area contributed by atoms with Gasteiger partial charge < -0.3 is 5.32 Å². The van der Waals surface area contributed by atoms with Gasteiger partial charge in [0.05, 0.1) is 27.8 Å². The van der Waals surface area contributed by atoms with Crippen LogP contribution in [-0.4, -0.2) is 15.8 Å². The van der Waals surface area contributed by atoms with Gasteiger partial charge in [-0.3, -0.25) is 9.78 Å². The van der Waals surface area contributed by atoms with Crippen LogP contribution in [0.2, 0.25) is 0 Å². The summed E-state index contributed by atoms with van der Waals surface area (Å²) in [5.41, 5.74) is 4.62. The maximum Gasteiger partial charge on any atom is 0.188 e. The van der Waals surface area contributed by atoms with E-state index < -0.39 is 0 Å². The Kier molecular flexibility index (Phi) is 4.82. The third-order valence-corrected chi connectivity index (χ3v) is 6.45. The number of ketones is 1. The van der Waals surface area contributed by atoms with E-state index in [9.17, 15) is 4.79 Å². The Labute approximate surface area is 173 Å². The molecule has 0 atom stereocenters. The fraction of sp³-hybridized carbons (Fsp3) is 0.208. The molecule has 1 fully saturated rings. The molecule has 2 heterocycles. The van der Waals surface area contributed by atoms with E-state index in [0.29, 0.717) is 0 Å². The second-order valence-corrected chi connectivity index (χ2v) is 8.50. The molecule has 5 rings (SSSR count). The van der Waals surface area contributed by atoms with Crippen LogP contribution in [-0.2, 0) is 0 Å². The number of nitrogens with zero attached hydrogens (tertiary/aromatic N) is 2. The maximum atomic E-state index is 12.5. The summed E-state index contributed by atoms with van der Waals surface area (Å²) in [6, 6.07) is 19.9. The molecular weight excluding hydrogens is 378 g/mol. The molecule has 2 aromatic carbocycles. The summed E-state index contributed by atoms with van der Waals surface area (Å²) in [7, 11) is 0. The molecule has 2 aromatic heterocycles. The summed E-state index contributed by atoms with van der Waals surface area (Å²) in [4.78, 5) is 21.7. The molecule has 0 aliphatic heterocycles. The van der Waals surface area contributed by atoms with Gasteiger partial charge in [-0.25, -0.2) is 4.98 Å². The number of para-hydroxylation sites is 1. The fourth-order valence-electron chi connectivity index (χ4n) is 3.92. The van der Waals surface area contributed by atoms with Crippen LogP contribution in [0.15, 0.2) is 66.9 Å². The monoisotopic (exact) mass is 399 g/mol. The second-order valence-electron chi connectivity index (χ2n) is 7.47. The van der Waals surface area contributed by atoms with Crippen molar-refractivity contribution in [1.82, 2.24) is 9.97 Å². The zero-order valence-corrected chi connectivity index (χ0v) is 16.8. The minimum atomic E-state index is 0.215. The maximum absolute atomic E-state index is 12.5. The van der Waals surface area contributed by atoms with Crippen molar-refractivity contribution in [1.29, 1.82) is 0 Å². The summed E-state index contributed by atoms with van der Waals surface area (Å²) in [5.74, 6) is 0.504. The highest BCUT2D eigenvalue weighted by atomic mass is 32.1. The first kappa shape index (κ1) is 18.0. The molecule has 5 heteroatoms. The largest absolute Gasteiger partial charge is 0.330 e. The normalized spacial score (nSPS) is 14.3. The quantitative estimate of drug-likeness (QED) is 0.391. The second kappa shape index (κ2) is 7.76. The van der Waals surface area contributed by atoms with Crippen LogP contribution in [0, 0.1) is 5.92 Å².